The van der Waals surface area contributed by atoms with Crippen LogP contribution < -0.4 is 5.32 Å². The highest BCUT2D eigenvalue weighted by molar-refractivity contribution is 5.72. The molecule has 1 amide bonds. The normalized spacial score (nSPS) is 21.3. The number of rotatable bonds is 18. The molecule has 0 saturated heterocycles. The number of allylic oxidation sites excluding steroid dienone is 2. The molecule has 1 N–H and O–H groups in total. The van der Waals surface area contributed by atoms with E-state index in [1.165, 1.54) is 77.0 Å². The van der Waals surface area contributed by atoms with E-state index < -0.39 is 0 Å². The fourth-order valence-electron chi connectivity index (χ4n) is 4.36. The zero-order chi connectivity index (χ0) is 21.2. The third-order valence-electron chi connectivity index (χ3n) is 6.39. The quantitative estimate of drug-likeness (QED) is 0.169. The van der Waals surface area contributed by atoms with Crippen LogP contribution in [-0.2, 0) is 4.79 Å². The number of nitrogens with zero attached hydrogens (tertiary/aromatic N) is 2. The smallest absolute Gasteiger partial charge is 0.217 e. The van der Waals surface area contributed by atoms with Crippen LogP contribution in [0.5, 0.6) is 0 Å². The standard InChI is InChI=1S/C25H47N3O/c1-4-6-7-8-9-10-11-12-13-14-15-16-17-18-19-25-27-21-23-28(25,5-2)22-20-26-24(3)29/h15-16,21,25H,4-14,17-20,22-23H2,1-3H3/p+1/b16-15+. The first kappa shape index (κ1) is 25.9. The van der Waals surface area contributed by atoms with Gasteiger partial charge in [-0.05, 0) is 32.6 Å². The Balaban J connectivity index is 2.06. The number of aliphatic imine (C=N–C) groups is 1. The van der Waals surface area contributed by atoms with Crippen LogP contribution in [0.4, 0.5) is 0 Å². The van der Waals surface area contributed by atoms with E-state index in [1.807, 2.05) is 0 Å². The third-order valence-corrected chi connectivity index (χ3v) is 6.39. The maximum absolute atomic E-state index is 11.2. The lowest BCUT2D eigenvalue weighted by molar-refractivity contribution is -0.935. The number of quaternary nitrogens is 1. The number of amides is 1. The first-order valence-corrected chi connectivity index (χ1v) is 12.4. The van der Waals surface area contributed by atoms with Gasteiger partial charge in [0, 0.05) is 13.3 Å². The van der Waals surface area contributed by atoms with Gasteiger partial charge in [-0.1, -0.05) is 70.4 Å². The van der Waals surface area contributed by atoms with Gasteiger partial charge in [0.2, 0.25) is 5.91 Å². The predicted molar refractivity (Wildman–Crippen MR) is 126 cm³/mol. The Kier molecular flexibility index (Phi) is 14.8. The second-order valence-electron chi connectivity index (χ2n) is 8.76. The van der Waals surface area contributed by atoms with Crippen molar-refractivity contribution in [3.05, 3.63) is 12.2 Å². The van der Waals surface area contributed by atoms with Gasteiger partial charge < -0.3 is 5.32 Å². The number of carbonyl (C=O) groups is 1. The Morgan fingerprint density at radius 3 is 2.24 bits per heavy atom. The average molecular weight is 407 g/mol. The molecule has 29 heavy (non-hydrogen) atoms. The lowest BCUT2D eigenvalue weighted by Crippen LogP contribution is -2.55. The Hall–Kier alpha value is -1.16. The molecule has 0 radical (unpaired) electrons. The molecule has 0 spiro atoms. The van der Waals surface area contributed by atoms with Crippen molar-refractivity contribution in [2.45, 2.75) is 110 Å². The number of hydrogen-bond acceptors (Lipinski definition) is 2. The fraction of sp³-hybridized carbons (Fsp3) is 0.840. The van der Waals surface area contributed by atoms with Crippen molar-refractivity contribution in [1.82, 2.24) is 5.32 Å². The molecule has 0 aromatic heterocycles. The minimum Gasteiger partial charge on any atom is -0.351 e. The molecule has 2 unspecified atom stereocenters. The maximum Gasteiger partial charge on any atom is 0.217 e. The molecule has 1 aliphatic rings. The van der Waals surface area contributed by atoms with Gasteiger partial charge >= 0.3 is 0 Å². The zero-order valence-corrected chi connectivity index (χ0v) is 19.6. The van der Waals surface area contributed by atoms with Crippen molar-refractivity contribution in [2.75, 3.05) is 26.2 Å². The molecular formula is C25H48N3O+. The second kappa shape index (κ2) is 16.6. The molecule has 1 heterocycles. The average Bonchev–Trinajstić information content (AvgIpc) is 3.11. The summed E-state index contributed by atoms with van der Waals surface area (Å²) in [6, 6.07) is 0. The van der Waals surface area contributed by atoms with Crippen molar-refractivity contribution in [2.24, 2.45) is 4.99 Å². The van der Waals surface area contributed by atoms with Gasteiger partial charge in [0.15, 0.2) is 6.17 Å². The largest absolute Gasteiger partial charge is 0.351 e. The lowest BCUT2D eigenvalue weighted by atomic mass is 10.1. The van der Waals surface area contributed by atoms with E-state index in [-0.39, 0.29) is 5.91 Å². The summed E-state index contributed by atoms with van der Waals surface area (Å²) in [5.41, 5.74) is 0. The molecule has 2 atom stereocenters. The van der Waals surface area contributed by atoms with Crippen LogP contribution in [0, 0.1) is 0 Å². The summed E-state index contributed by atoms with van der Waals surface area (Å²) >= 11 is 0. The topological polar surface area (TPSA) is 41.5 Å². The molecule has 0 aromatic carbocycles. The van der Waals surface area contributed by atoms with Crippen molar-refractivity contribution in [1.29, 1.82) is 0 Å². The highest BCUT2D eigenvalue weighted by atomic mass is 16.1. The van der Waals surface area contributed by atoms with Gasteiger partial charge in [-0.25, -0.2) is 4.99 Å². The molecule has 1 rings (SSSR count). The summed E-state index contributed by atoms with van der Waals surface area (Å²) in [7, 11) is 0. The van der Waals surface area contributed by atoms with Gasteiger partial charge in [-0.3, -0.25) is 9.28 Å². The summed E-state index contributed by atoms with van der Waals surface area (Å²) in [6.07, 6.45) is 24.6. The van der Waals surface area contributed by atoms with E-state index in [1.54, 1.807) is 6.92 Å². The molecule has 4 nitrogen and oxygen atoms in total. The van der Waals surface area contributed by atoms with E-state index in [0.717, 1.165) is 37.1 Å². The van der Waals surface area contributed by atoms with Crippen LogP contribution in [0.1, 0.15) is 104 Å². The molecule has 4 heteroatoms. The number of nitrogens with one attached hydrogen (secondary N) is 1. The Labute approximate surface area is 180 Å². The van der Waals surface area contributed by atoms with E-state index in [9.17, 15) is 4.79 Å². The lowest BCUT2D eigenvalue weighted by Gasteiger charge is -2.38. The highest BCUT2D eigenvalue weighted by Gasteiger charge is 2.37. The monoisotopic (exact) mass is 406 g/mol. The third kappa shape index (κ3) is 11.6. The first-order chi connectivity index (χ1) is 14.1. The van der Waals surface area contributed by atoms with Crippen molar-refractivity contribution in [3.63, 3.8) is 0 Å². The molecular weight excluding hydrogens is 358 g/mol. The molecule has 0 bridgehead atoms. The van der Waals surface area contributed by atoms with Crippen molar-refractivity contribution < 1.29 is 9.28 Å². The molecule has 0 aliphatic carbocycles. The van der Waals surface area contributed by atoms with Crippen LogP contribution >= 0.6 is 0 Å². The SMILES string of the molecule is CCCCCCCCCCC/C=C/CCCC1N=CC[N+]1(CC)CCNC(C)=O. The fourth-order valence-corrected chi connectivity index (χ4v) is 4.36. The van der Waals surface area contributed by atoms with Gasteiger partial charge in [0.25, 0.3) is 0 Å². The van der Waals surface area contributed by atoms with Crippen LogP contribution in [0.15, 0.2) is 17.1 Å². The molecule has 0 aromatic rings. The van der Waals surface area contributed by atoms with Crippen LogP contribution in [0.25, 0.3) is 0 Å². The van der Waals surface area contributed by atoms with E-state index in [0.29, 0.717) is 6.17 Å². The van der Waals surface area contributed by atoms with E-state index in [4.69, 9.17) is 4.99 Å². The molecule has 0 saturated carbocycles. The van der Waals surface area contributed by atoms with E-state index in [2.05, 4.69) is 37.5 Å². The summed E-state index contributed by atoms with van der Waals surface area (Å²) < 4.78 is 1.00. The summed E-state index contributed by atoms with van der Waals surface area (Å²) in [4.78, 5) is 15.9. The first-order valence-electron chi connectivity index (χ1n) is 12.4. The van der Waals surface area contributed by atoms with Crippen molar-refractivity contribution >= 4 is 12.1 Å². The van der Waals surface area contributed by atoms with E-state index >= 15 is 0 Å². The van der Waals surface area contributed by atoms with Gasteiger partial charge in [0.1, 0.15) is 6.54 Å². The minimum atomic E-state index is 0.0630. The Morgan fingerprint density at radius 1 is 1.00 bits per heavy atom. The molecule has 168 valence electrons. The Bertz CT molecular complexity index is 475. The predicted octanol–water partition coefficient (Wildman–Crippen LogP) is 6.02. The van der Waals surface area contributed by atoms with Gasteiger partial charge in [0.05, 0.1) is 25.8 Å². The number of carbonyl (C=O) groups excluding carboxylic acids is 1. The minimum absolute atomic E-state index is 0.0630. The maximum atomic E-state index is 11.2. The summed E-state index contributed by atoms with van der Waals surface area (Å²) in [6.45, 7) is 9.95. The van der Waals surface area contributed by atoms with Crippen LogP contribution in [-0.4, -0.2) is 48.9 Å². The number of hydrogen-bond donors (Lipinski definition) is 1. The van der Waals surface area contributed by atoms with Gasteiger partial charge in [-0.2, -0.15) is 0 Å². The van der Waals surface area contributed by atoms with Crippen molar-refractivity contribution in [3.8, 4) is 0 Å². The number of unbranched alkanes of at least 4 members (excludes halogenated alkanes) is 10. The second-order valence-corrected chi connectivity index (χ2v) is 8.76. The zero-order valence-electron chi connectivity index (χ0n) is 19.6. The highest BCUT2D eigenvalue weighted by Crippen LogP contribution is 2.23. The number of likely N-dealkylation sites (N-methyl/N-ethyl adjacent to an activating group) is 1. The molecule has 1 aliphatic heterocycles. The summed E-state index contributed by atoms with van der Waals surface area (Å²) in [5, 5.41) is 2.95. The van der Waals surface area contributed by atoms with Gasteiger partial charge in [-0.15, -0.1) is 0 Å². The summed E-state index contributed by atoms with van der Waals surface area (Å²) in [5.74, 6) is 0.0630. The van der Waals surface area contributed by atoms with Crippen LogP contribution in [0.3, 0.4) is 0 Å². The molecule has 0 fully saturated rings. The van der Waals surface area contributed by atoms with Crippen LogP contribution in [0.2, 0.25) is 0 Å². The Morgan fingerprint density at radius 2 is 1.62 bits per heavy atom.